The standard InChI is InChI=1S/C8H14O2/c1-4-7(5-9)8(10)6(2)3/h4,9-10H,5H2,1-3H3/b7-4-. The predicted molar refractivity (Wildman–Crippen MR) is 41.8 cm³/mol. The van der Waals surface area contributed by atoms with Crippen LogP contribution in [-0.2, 0) is 0 Å². The largest absolute Gasteiger partial charge is 0.508 e. The molecule has 10 heavy (non-hydrogen) atoms. The Labute approximate surface area is 61.5 Å². The molecule has 0 aromatic carbocycles. The van der Waals surface area contributed by atoms with Crippen LogP contribution in [0.2, 0.25) is 0 Å². The molecule has 2 heteroatoms. The fraction of sp³-hybridized carbons (Fsp3) is 0.500. The van der Waals surface area contributed by atoms with Crippen molar-refractivity contribution in [2.45, 2.75) is 20.8 Å². The molecule has 0 spiro atoms. The molecule has 0 aromatic heterocycles. The number of allylic oxidation sites excluding steroid dienone is 2. The van der Waals surface area contributed by atoms with Gasteiger partial charge in [-0.15, -0.1) is 0 Å². The van der Waals surface area contributed by atoms with Gasteiger partial charge in [-0.3, -0.25) is 0 Å². The third kappa shape index (κ3) is 2.23. The maximum Gasteiger partial charge on any atom is 0.119 e. The van der Waals surface area contributed by atoms with E-state index in [0.29, 0.717) is 5.57 Å². The van der Waals surface area contributed by atoms with Crippen LogP contribution in [0.1, 0.15) is 20.8 Å². The second-order valence-electron chi connectivity index (χ2n) is 2.32. The fourth-order valence-corrected chi connectivity index (χ4v) is 0.624. The lowest BCUT2D eigenvalue weighted by atomic mass is 10.1. The van der Waals surface area contributed by atoms with Crippen LogP contribution in [0.15, 0.2) is 23.0 Å². The van der Waals surface area contributed by atoms with Gasteiger partial charge in [0.1, 0.15) is 5.76 Å². The van der Waals surface area contributed by atoms with Crippen molar-refractivity contribution in [2.24, 2.45) is 0 Å². The molecule has 0 aliphatic rings. The highest BCUT2D eigenvalue weighted by atomic mass is 16.3. The van der Waals surface area contributed by atoms with Crippen LogP contribution in [0.25, 0.3) is 0 Å². The molecule has 0 bridgehead atoms. The fourth-order valence-electron chi connectivity index (χ4n) is 0.624. The van der Waals surface area contributed by atoms with E-state index in [0.717, 1.165) is 5.57 Å². The van der Waals surface area contributed by atoms with Crippen molar-refractivity contribution < 1.29 is 10.2 Å². The first-order valence-electron chi connectivity index (χ1n) is 3.26. The smallest absolute Gasteiger partial charge is 0.119 e. The van der Waals surface area contributed by atoms with Gasteiger partial charge < -0.3 is 10.2 Å². The van der Waals surface area contributed by atoms with Crippen LogP contribution in [0.3, 0.4) is 0 Å². The Kier molecular flexibility index (Phi) is 3.81. The minimum Gasteiger partial charge on any atom is -0.508 e. The van der Waals surface area contributed by atoms with E-state index in [2.05, 4.69) is 0 Å². The molecule has 0 fully saturated rings. The number of aliphatic hydroxyl groups excluding tert-OH is 2. The quantitative estimate of drug-likeness (QED) is 0.455. The van der Waals surface area contributed by atoms with Gasteiger partial charge in [-0.05, 0) is 26.3 Å². The zero-order valence-corrected chi connectivity index (χ0v) is 6.68. The molecule has 0 saturated carbocycles. The summed E-state index contributed by atoms with van der Waals surface area (Å²) in [5.41, 5.74) is 1.40. The predicted octanol–water partition coefficient (Wildman–Crippen LogP) is 1.78. The summed E-state index contributed by atoms with van der Waals surface area (Å²) in [7, 11) is 0. The van der Waals surface area contributed by atoms with Crippen molar-refractivity contribution in [1.29, 1.82) is 0 Å². The average Bonchev–Trinajstić information content (AvgIpc) is 1.90. The molecule has 0 aromatic rings. The number of aliphatic hydroxyl groups is 2. The van der Waals surface area contributed by atoms with E-state index in [1.807, 2.05) is 0 Å². The Morgan fingerprint density at radius 2 is 1.90 bits per heavy atom. The van der Waals surface area contributed by atoms with Gasteiger partial charge in [0.05, 0.1) is 6.61 Å². The molecule has 0 rings (SSSR count). The van der Waals surface area contributed by atoms with Gasteiger partial charge in [0.15, 0.2) is 0 Å². The van der Waals surface area contributed by atoms with E-state index in [1.165, 1.54) is 0 Å². The van der Waals surface area contributed by atoms with Crippen LogP contribution in [-0.4, -0.2) is 16.8 Å². The first-order chi connectivity index (χ1) is 4.63. The zero-order valence-electron chi connectivity index (χ0n) is 6.68. The van der Waals surface area contributed by atoms with E-state index in [-0.39, 0.29) is 12.4 Å². The summed E-state index contributed by atoms with van der Waals surface area (Å²) in [5, 5.41) is 17.9. The minimum absolute atomic E-state index is 0.104. The Morgan fingerprint density at radius 1 is 1.40 bits per heavy atom. The lowest BCUT2D eigenvalue weighted by Crippen LogP contribution is -1.95. The lowest BCUT2D eigenvalue weighted by Gasteiger charge is -2.03. The number of hydrogen-bond acceptors (Lipinski definition) is 2. The van der Waals surface area contributed by atoms with Crippen LogP contribution < -0.4 is 0 Å². The molecular formula is C8H14O2. The lowest BCUT2D eigenvalue weighted by molar-refractivity contribution is 0.312. The molecule has 2 N–H and O–H groups in total. The summed E-state index contributed by atoms with van der Waals surface area (Å²) in [6.07, 6.45) is 1.70. The van der Waals surface area contributed by atoms with Crippen LogP contribution in [0, 0.1) is 0 Å². The van der Waals surface area contributed by atoms with Gasteiger partial charge in [-0.1, -0.05) is 6.08 Å². The van der Waals surface area contributed by atoms with Crippen LogP contribution in [0.5, 0.6) is 0 Å². The first kappa shape index (κ1) is 9.24. The van der Waals surface area contributed by atoms with Gasteiger partial charge in [-0.25, -0.2) is 0 Å². The number of rotatable bonds is 2. The van der Waals surface area contributed by atoms with Gasteiger partial charge in [0.25, 0.3) is 0 Å². The van der Waals surface area contributed by atoms with Crippen molar-refractivity contribution >= 4 is 0 Å². The maximum atomic E-state index is 9.24. The summed E-state index contributed by atoms with van der Waals surface area (Å²) in [5.74, 6) is 0.199. The third-order valence-electron chi connectivity index (χ3n) is 1.30. The van der Waals surface area contributed by atoms with Crippen molar-refractivity contribution in [1.82, 2.24) is 0 Å². The summed E-state index contributed by atoms with van der Waals surface area (Å²) < 4.78 is 0. The van der Waals surface area contributed by atoms with Crippen LogP contribution in [0.4, 0.5) is 0 Å². The van der Waals surface area contributed by atoms with E-state index in [1.54, 1.807) is 26.8 Å². The van der Waals surface area contributed by atoms with E-state index < -0.39 is 0 Å². The molecule has 0 saturated heterocycles. The van der Waals surface area contributed by atoms with Gasteiger partial charge in [0, 0.05) is 5.57 Å². The monoisotopic (exact) mass is 142 g/mol. The number of hydrogen-bond donors (Lipinski definition) is 2. The van der Waals surface area contributed by atoms with Crippen molar-refractivity contribution in [2.75, 3.05) is 6.61 Å². The average molecular weight is 142 g/mol. The molecule has 0 atom stereocenters. The molecular weight excluding hydrogens is 128 g/mol. The topological polar surface area (TPSA) is 40.5 Å². The molecule has 0 aliphatic heterocycles. The summed E-state index contributed by atoms with van der Waals surface area (Å²) in [6.45, 7) is 5.28. The maximum absolute atomic E-state index is 9.24. The van der Waals surface area contributed by atoms with Gasteiger partial charge >= 0.3 is 0 Å². The van der Waals surface area contributed by atoms with E-state index >= 15 is 0 Å². The highest BCUT2D eigenvalue weighted by molar-refractivity contribution is 5.27. The van der Waals surface area contributed by atoms with Crippen molar-refractivity contribution in [3.05, 3.63) is 23.0 Å². The highest BCUT2D eigenvalue weighted by Crippen LogP contribution is 2.09. The Balaban J connectivity index is 4.48. The molecule has 0 amide bonds. The summed E-state index contributed by atoms with van der Waals surface area (Å²) in [6, 6.07) is 0. The normalized spacial score (nSPS) is 11.4. The Hall–Kier alpha value is -0.760. The van der Waals surface area contributed by atoms with E-state index in [9.17, 15) is 5.11 Å². The third-order valence-corrected chi connectivity index (χ3v) is 1.30. The molecule has 58 valence electrons. The Morgan fingerprint density at radius 3 is 2.00 bits per heavy atom. The van der Waals surface area contributed by atoms with Crippen LogP contribution >= 0.6 is 0 Å². The molecule has 0 unspecified atom stereocenters. The summed E-state index contributed by atoms with van der Waals surface area (Å²) >= 11 is 0. The minimum atomic E-state index is -0.104. The van der Waals surface area contributed by atoms with Crippen molar-refractivity contribution in [3.8, 4) is 0 Å². The summed E-state index contributed by atoms with van der Waals surface area (Å²) in [4.78, 5) is 0. The first-order valence-corrected chi connectivity index (χ1v) is 3.26. The van der Waals surface area contributed by atoms with E-state index in [4.69, 9.17) is 5.11 Å². The molecule has 2 nitrogen and oxygen atoms in total. The molecule has 0 radical (unpaired) electrons. The van der Waals surface area contributed by atoms with Gasteiger partial charge in [0.2, 0.25) is 0 Å². The Bertz CT molecular complexity index is 162. The SMILES string of the molecule is C/C=C(/CO)C(O)=C(C)C. The highest BCUT2D eigenvalue weighted by Gasteiger charge is 2.00. The second-order valence-corrected chi connectivity index (χ2v) is 2.32. The van der Waals surface area contributed by atoms with Crippen molar-refractivity contribution in [3.63, 3.8) is 0 Å². The molecule has 0 heterocycles. The zero-order chi connectivity index (χ0) is 8.15. The molecule has 0 aliphatic carbocycles. The van der Waals surface area contributed by atoms with Gasteiger partial charge in [-0.2, -0.15) is 0 Å². The second kappa shape index (κ2) is 4.12.